The summed E-state index contributed by atoms with van der Waals surface area (Å²) >= 11 is 0. The molecular formula is C77H150O17P2. The van der Waals surface area contributed by atoms with Gasteiger partial charge in [-0.15, -0.1) is 0 Å². The number of aliphatic hydroxyl groups excluding tert-OH is 1. The van der Waals surface area contributed by atoms with Crippen molar-refractivity contribution in [3.63, 3.8) is 0 Å². The lowest BCUT2D eigenvalue weighted by molar-refractivity contribution is -0.161. The lowest BCUT2D eigenvalue weighted by atomic mass is 10.0. The minimum Gasteiger partial charge on any atom is -0.462 e. The lowest BCUT2D eigenvalue weighted by Gasteiger charge is -2.21. The topological polar surface area (TPSA) is 237 Å². The summed E-state index contributed by atoms with van der Waals surface area (Å²) in [5.74, 6) is -0.614. The van der Waals surface area contributed by atoms with Crippen molar-refractivity contribution in [1.29, 1.82) is 0 Å². The van der Waals surface area contributed by atoms with Crippen molar-refractivity contribution in [3.8, 4) is 0 Å². The Kier molecular flexibility index (Phi) is 67.4. The Morgan fingerprint density at radius 1 is 0.281 bits per heavy atom. The molecule has 0 saturated heterocycles. The number of esters is 4. The second kappa shape index (κ2) is 68.8. The fourth-order valence-corrected chi connectivity index (χ4v) is 13.4. The molecule has 3 N–H and O–H groups in total. The maximum Gasteiger partial charge on any atom is 0.472 e. The van der Waals surface area contributed by atoms with E-state index in [4.69, 9.17) is 37.0 Å². The standard InChI is InChI=1S/C77H150O17P2/c1-7-9-11-13-15-16-17-18-19-20-21-22-23-28-31-34-37-43-49-55-61-76(81)93-73(66-88-75(80)60-54-48-42-36-33-30-27-25-24-26-29-32-35-40-45-51-57-69(3)4)68-92-96(85,86)90-64-71(78)63-89-95(83,84)91-67-72(65-87-74(79)59-53-47-39-14-12-10-8-2)94-77(82)62-56-50-44-38-41-46-52-58-70(5)6/h69-73,78H,7-68H2,1-6H3,(H,83,84)(H,85,86)/t71-,72+,73+/m0/s1. The third kappa shape index (κ3) is 70.5. The van der Waals surface area contributed by atoms with Crippen molar-refractivity contribution in [2.75, 3.05) is 39.6 Å². The summed E-state index contributed by atoms with van der Waals surface area (Å²) in [6, 6.07) is 0. The van der Waals surface area contributed by atoms with Crippen molar-refractivity contribution >= 4 is 39.5 Å². The maximum absolute atomic E-state index is 13.1. The van der Waals surface area contributed by atoms with Crippen molar-refractivity contribution in [2.45, 2.75) is 419 Å². The summed E-state index contributed by atoms with van der Waals surface area (Å²) in [5, 5.41) is 10.6. The Morgan fingerprint density at radius 3 is 0.708 bits per heavy atom. The van der Waals surface area contributed by atoms with Gasteiger partial charge in [-0.3, -0.25) is 37.3 Å². The highest BCUT2D eigenvalue weighted by Gasteiger charge is 2.30. The van der Waals surface area contributed by atoms with E-state index in [0.717, 1.165) is 109 Å². The van der Waals surface area contributed by atoms with E-state index in [0.29, 0.717) is 31.6 Å². The number of hydrogen-bond acceptors (Lipinski definition) is 15. The molecule has 19 heteroatoms. The summed E-state index contributed by atoms with van der Waals surface area (Å²) in [4.78, 5) is 72.6. The third-order valence-electron chi connectivity index (χ3n) is 18.0. The van der Waals surface area contributed by atoms with Gasteiger partial charge in [0.2, 0.25) is 0 Å². The minimum absolute atomic E-state index is 0.103. The van der Waals surface area contributed by atoms with E-state index in [1.165, 1.54) is 205 Å². The molecule has 0 spiro atoms. The Bertz CT molecular complexity index is 1860. The van der Waals surface area contributed by atoms with Gasteiger partial charge in [0.25, 0.3) is 0 Å². The molecule has 0 amide bonds. The second-order valence-corrected chi connectivity index (χ2v) is 31.6. The number of carbonyl (C=O) groups is 4. The Balaban J connectivity index is 5.15. The summed E-state index contributed by atoms with van der Waals surface area (Å²) in [5.41, 5.74) is 0. The van der Waals surface area contributed by atoms with Crippen LogP contribution in [0.4, 0.5) is 0 Å². The molecule has 0 fully saturated rings. The molecule has 0 aromatic carbocycles. The quantitative estimate of drug-likeness (QED) is 0.0222. The van der Waals surface area contributed by atoms with E-state index in [1.807, 2.05) is 0 Å². The van der Waals surface area contributed by atoms with Gasteiger partial charge in [-0.2, -0.15) is 0 Å². The second-order valence-electron chi connectivity index (χ2n) is 28.7. The predicted octanol–water partition coefficient (Wildman–Crippen LogP) is 22.7. The van der Waals surface area contributed by atoms with E-state index >= 15 is 0 Å². The van der Waals surface area contributed by atoms with Gasteiger partial charge in [-0.1, -0.05) is 350 Å². The molecule has 2 unspecified atom stereocenters. The van der Waals surface area contributed by atoms with Gasteiger partial charge in [-0.25, -0.2) is 9.13 Å². The van der Waals surface area contributed by atoms with Crippen LogP contribution in [0.2, 0.25) is 0 Å². The number of unbranched alkanes of at least 4 members (excludes halogenated alkanes) is 46. The predicted molar refractivity (Wildman–Crippen MR) is 391 cm³/mol. The molecule has 0 radical (unpaired) electrons. The first-order valence-electron chi connectivity index (χ1n) is 40.0. The molecule has 17 nitrogen and oxygen atoms in total. The molecule has 0 heterocycles. The van der Waals surface area contributed by atoms with Gasteiger partial charge in [0.15, 0.2) is 12.2 Å². The van der Waals surface area contributed by atoms with Crippen LogP contribution in [0.1, 0.15) is 401 Å². The Hall–Kier alpha value is -1.94. The molecule has 0 rings (SSSR count). The van der Waals surface area contributed by atoms with Crippen LogP contribution in [0.25, 0.3) is 0 Å². The van der Waals surface area contributed by atoms with E-state index in [-0.39, 0.29) is 25.7 Å². The Morgan fingerprint density at radius 2 is 0.479 bits per heavy atom. The molecule has 0 aromatic heterocycles. The van der Waals surface area contributed by atoms with Crippen LogP contribution in [0.15, 0.2) is 0 Å². The zero-order valence-corrected chi connectivity index (χ0v) is 64.5. The fourth-order valence-electron chi connectivity index (χ4n) is 11.8. The zero-order valence-electron chi connectivity index (χ0n) is 62.7. The lowest BCUT2D eigenvalue weighted by Crippen LogP contribution is -2.30. The number of hydrogen-bond donors (Lipinski definition) is 3. The molecule has 0 aromatic rings. The van der Waals surface area contributed by atoms with Crippen LogP contribution < -0.4 is 0 Å². The highest BCUT2D eigenvalue weighted by molar-refractivity contribution is 7.47. The fraction of sp³-hybridized carbons (Fsp3) is 0.948. The zero-order chi connectivity index (χ0) is 70.7. The first-order valence-corrected chi connectivity index (χ1v) is 43.0. The van der Waals surface area contributed by atoms with Crippen LogP contribution >= 0.6 is 15.6 Å². The van der Waals surface area contributed by atoms with Crippen LogP contribution in [0.5, 0.6) is 0 Å². The number of carbonyl (C=O) groups excluding carboxylic acids is 4. The normalized spacial score (nSPS) is 14.0. The van der Waals surface area contributed by atoms with E-state index in [2.05, 4.69) is 41.5 Å². The number of rotatable bonds is 76. The van der Waals surface area contributed by atoms with Gasteiger partial charge in [0.05, 0.1) is 26.4 Å². The molecule has 96 heavy (non-hydrogen) atoms. The summed E-state index contributed by atoms with van der Waals surface area (Å²) in [6.45, 7) is 9.52. The van der Waals surface area contributed by atoms with Crippen molar-refractivity contribution in [2.24, 2.45) is 11.8 Å². The summed E-state index contributed by atoms with van der Waals surface area (Å²) in [6.07, 6.45) is 57.3. The average molecular weight is 1410 g/mol. The van der Waals surface area contributed by atoms with Crippen LogP contribution in [-0.2, 0) is 65.4 Å². The van der Waals surface area contributed by atoms with Crippen molar-refractivity contribution in [1.82, 2.24) is 0 Å². The van der Waals surface area contributed by atoms with Gasteiger partial charge >= 0.3 is 39.5 Å². The number of aliphatic hydroxyl groups is 1. The molecule has 0 aliphatic heterocycles. The third-order valence-corrected chi connectivity index (χ3v) is 19.9. The number of phosphoric acid groups is 2. The van der Waals surface area contributed by atoms with E-state index in [9.17, 15) is 43.2 Å². The Labute approximate surface area is 588 Å². The highest BCUT2D eigenvalue weighted by Crippen LogP contribution is 2.45. The first-order chi connectivity index (χ1) is 46.4. The van der Waals surface area contributed by atoms with Crippen LogP contribution in [0, 0.1) is 11.8 Å². The monoisotopic (exact) mass is 1410 g/mol. The van der Waals surface area contributed by atoms with E-state index in [1.54, 1.807) is 0 Å². The SMILES string of the molecule is CCCCCCCCCCCCCCCCCCCCCCC(=O)O[C@H](COC(=O)CCCCCCCCCCCCCCCCCCC(C)C)COP(=O)(O)OC[C@@H](O)COP(=O)(O)OC[C@@H](COC(=O)CCCCCCCCC)OC(=O)CCCCCCCCCC(C)C. The van der Waals surface area contributed by atoms with Crippen LogP contribution in [-0.4, -0.2) is 96.7 Å². The largest absolute Gasteiger partial charge is 0.472 e. The van der Waals surface area contributed by atoms with Crippen LogP contribution in [0.3, 0.4) is 0 Å². The maximum atomic E-state index is 13.1. The smallest absolute Gasteiger partial charge is 0.462 e. The number of phosphoric ester groups is 2. The molecule has 570 valence electrons. The minimum atomic E-state index is -4.96. The van der Waals surface area contributed by atoms with E-state index < -0.39 is 97.5 Å². The highest BCUT2D eigenvalue weighted by atomic mass is 31.2. The molecule has 0 bridgehead atoms. The van der Waals surface area contributed by atoms with Crippen molar-refractivity contribution < 1.29 is 80.2 Å². The summed E-state index contributed by atoms with van der Waals surface area (Å²) in [7, 11) is -9.90. The van der Waals surface area contributed by atoms with Gasteiger partial charge < -0.3 is 33.8 Å². The van der Waals surface area contributed by atoms with Gasteiger partial charge in [0, 0.05) is 25.7 Å². The van der Waals surface area contributed by atoms with Gasteiger partial charge in [-0.05, 0) is 37.5 Å². The molecule has 0 saturated carbocycles. The molecule has 0 aliphatic carbocycles. The molecule has 0 aliphatic rings. The molecular weight excluding hydrogens is 1260 g/mol. The number of ether oxygens (including phenoxy) is 4. The van der Waals surface area contributed by atoms with Crippen molar-refractivity contribution in [3.05, 3.63) is 0 Å². The average Bonchev–Trinajstić information content (AvgIpc) is 1.21. The van der Waals surface area contributed by atoms with Gasteiger partial charge in [0.1, 0.15) is 19.3 Å². The first kappa shape index (κ1) is 94.1. The summed E-state index contributed by atoms with van der Waals surface area (Å²) < 4.78 is 68.4. The molecule has 5 atom stereocenters.